The van der Waals surface area contributed by atoms with E-state index in [0.717, 1.165) is 19.1 Å². The highest BCUT2D eigenvalue weighted by Gasteiger charge is 2.17. The fourth-order valence-electron chi connectivity index (χ4n) is 2.52. The van der Waals surface area contributed by atoms with Crippen LogP contribution in [-0.4, -0.2) is 49.8 Å². The quantitative estimate of drug-likeness (QED) is 0.757. The second kappa shape index (κ2) is 8.13. The summed E-state index contributed by atoms with van der Waals surface area (Å²) in [5, 5.41) is 3.44. The number of ether oxygens (including phenoxy) is 1. The Bertz CT molecular complexity index is 207. The number of nitrogens with zero attached hydrogens (tertiary/aromatic N) is 1. The predicted octanol–water partition coefficient (Wildman–Crippen LogP) is 2.51. The first-order chi connectivity index (χ1) is 8.51. The van der Waals surface area contributed by atoms with Crippen molar-refractivity contribution in [2.45, 2.75) is 52.6 Å². The van der Waals surface area contributed by atoms with E-state index < -0.39 is 0 Å². The van der Waals surface area contributed by atoms with Crippen molar-refractivity contribution >= 4 is 0 Å². The maximum absolute atomic E-state index is 5.84. The summed E-state index contributed by atoms with van der Waals surface area (Å²) in [4.78, 5) is 2.59. The smallest absolute Gasteiger partial charge is 0.0600 e. The van der Waals surface area contributed by atoms with Crippen molar-refractivity contribution in [1.29, 1.82) is 0 Å². The summed E-state index contributed by atoms with van der Waals surface area (Å²) in [6.07, 6.45) is 3.90. The first-order valence-corrected chi connectivity index (χ1v) is 7.58. The van der Waals surface area contributed by atoms with E-state index in [1.807, 2.05) is 0 Å². The molecule has 0 aromatic rings. The molecule has 3 nitrogen and oxygen atoms in total. The molecule has 18 heavy (non-hydrogen) atoms. The second-order valence-corrected chi connectivity index (χ2v) is 6.45. The van der Waals surface area contributed by atoms with E-state index in [2.05, 4.69) is 37.9 Å². The molecule has 0 aromatic carbocycles. The molecule has 1 heterocycles. The van der Waals surface area contributed by atoms with Gasteiger partial charge in [0, 0.05) is 13.1 Å². The molecule has 0 bridgehead atoms. The molecule has 0 amide bonds. The first kappa shape index (κ1) is 15.9. The number of rotatable bonds is 7. The van der Waals surface area contributed by atoms with E-state index in [1.165, 1.54) is 45.4 Å². The summed E-state index contributed by atoms with van der Waals surface area (Å²) in [5.41, 5.74) is -0.00730. The number of nitrogens with one attached hydrogen (secondary N) is 1. The van der Waals surface area contributed by atoms with Crippen molar-refractivity contribution < 1.29 is 4.74 Å². The third-order valence-corrected chi connectivity index (χ3v) is 3.46. The Morgan fingerprint density at radius 3 is 2.39 bits per heavy atom. The number of hydrogen-bond donors (Lipinski definition) is 1. The lowest BCUT2D eigenvalue weighted by Gasteiger charge is -2.30. The van der Waals surface area contributed by atoms with Crippen molar-refractivity contribution in [3.05, 3.63) is 0 Å². The van der Waals surface area contributed by atoms with Crippen LogP contribution in [0.1, 0.15) is 47.0 Å². The van der Waals surface area contributed by atoms with Crippen LogP contribution in [0.25, 0.3) is 0 Å². The van der Waals surface area contributed by atoms with Crippen LogP contribution in [0, 0.1) is 5.92 Å². The van der Waals surface area contributed by atoms with Crippen molar-refractivity contribution in [2.24, 2.45) is 5.92 Å². The standard InChI is InChI=1S/C15H32N2O/c1-5-10-17(11-12-18-15(2,3)4)13-14-6-8-16-9-7-14/h14,16H,5-13H2,1-4H3. The SMILES string of the molecule is CCCN(CCOC(C)(C)C)CC1CCNCC1. The third kappa shape index (κ3) is 7.34. The summed E-state index contributed by atoms with van der Waals surface area (Å²) >= 11 is 0. The average Bonchev–Trinajstić information content (AvgIpc) is 2.29. The lowest BCUT2D eigenvalue weighted by Crippen LogP contribution is -2.38. The average molecular weight is 256 g/mol. The molecular weight excluding hydrogens is 224 g/mol. The molecule has 1 rings (SSSR count). The van der Waals surface area contributed by atoms with Gasteiger partial charge in [0.15, 0.2) is 0 Å². The van der Waals surface area contributed by atoms with Gasteiger partial charge in [-0.2, -0.15) is 0 Å². The summed E-state index contributed by atoms with van der Waals surface area (Å²) in [6, 6.07) is 0. The van der Waals surface area contributed by atoms with Crippen LogP contribution in [0.2, 0.25) is 0 Å². The van der Waals surface area contributed by atoms with E-state index >= 15 is 0 Å². The fraction of sp³-hybridized carbons (Fsp3) is 1.00. The highest BCUT2D eigenvalue weighted by Crippen LogP contribution is 2.14. The van der Waals surface area contributed by atoms with Gasteiger partial charge in [-0.05, 0) is 65.6 Å². The highest BCUT2D eigenvalue weighted by molar-refractivity contribution is 4.72. The highest BCUT2D eigenvalue weighted by atomic mass is 16.5. The molecule has 1 saturated heterocycles. The van der Waals surface area contributed by atoms with Crippen LogP contribution in [0.15, 0.2) is 0 Å². The van der Waals surface area contributed by atoms with Crippen LogP contribution < -0.4 is 5.32 Å². The van der Waals surface area contributed by atoms with E-state index in [1.54, 1.807) is 0 Å². The fourth-order valence-corrected chi connectivity index (χ4v) is 2.52. The normalized spacial score (nSPS) is 18.5. The molecule has 0 atom stereocenters. The van der Waals surface area contributed by atoms with Crippen molar-refractivity contribution in [3.63, 3.8) is 0 Å². The van der Waals surface area contributed by atoms with Crippen LogP contribution in [-0.2, 0) is 4.74 Å². The summed E-state index contributed by atoms with van der Waals surface area (Å²) < 4.78 is 5.84. The lowest BCUT2D eigenvalue weighted by atomic mass is 9.97. The number of piperidine rings is 1. The van der Waals surface area contributed by atoms with Crippen molar-refractivity contribution in [3.8, 4) is 0 Å². The van der Waals surface area contributed by atoms with Crippen molar-refractivity contribution in [2.75, 3.05) is 39.3 Å². The Kier molecular flexibility index (Phi) is 7.20. The Balaban J connectivity index is 2.25. The summed E-state index contributed by atoms with van der Waals surface area (Å²) in [5.74, 6) is 0.882. The van der Waals surface area contributed by atoms with Gasteiger partial charge in [0.1, 0.15) is 0 Å². The van der Waals surface area contributed by atoms with Crippen LogP contribution in [0.4, 0.5) is 0 Å². The van der Waals surface area contributed by atoms with E-state index in [0.29, 0.717) is 0 Å². The molecule has 0 saturated carbocycles. The lowest BCUT2D eigenvalue weighted by molar-refractivity contribution is -0.0148. The van der Waals surface area contributed by atoms with Gasteiger partial charge < -0.3 is 15.0 Å². The molecule has 0 spiro atoms. The minimum Gasteiger partial charge on any atom is -0.375 e. The zero-order valence-corrected chi connectivity index (χ0v) is 12.8. The maximum atomic E-state index is 5.84. The van der Waals surface area contributed by atoms with Gasteiger partial charge in [-0.15, -0.1) is 0 Å². The van der Waals surface area contributed by atoms with Crippen LogP contribution in [0.5, 0.6) is 0 Å². The van der Waals surface area contributed by atoms with Crippen LogP contribution in [0.3, 0.4) is 0 Å². The monoisotopic (exact) mass is 256 g/mol. The molecule has 1 aliphatic heterocycles. The second-order valence-electron chi connectivity index (χ2n) is 6.45. The molecule has 1 fully saturated rings. The third-order valence-electron chi connectivity index (χ3n) is 3.46. The Morgan fingerprint density at radius 2 is 1.83 bits per heavy atom. The molecule has 0 radical (unpaired) electrons. The minimum atomic E-state index is -0.00730. The first-order valence-electron chi connectivity index (χ1n) is 7.58. The number of hydrogen-bond acceptors (Lipinski definition) is 3. The van der Waals surface area contributed by atoms with Gasteiger partial charge in [0.2, 0.25) is 0 Å². The van der Waals surface area contributed by atoms with E-state index in [-0.39, 0.29) is 5.60 Å². The van der Waals surface area contributed by atoms with E-state index in [9.17, 15) is 0 Å². The topological polar surface area (TPSA) is 24.5 Å². The molecule has 1 aliphatic rings. The van der Waals surface area contributed by atoms with Gasteiger partial charge in [-0.25, -0.2) is 0 Å². The molecular formula is C15H32N2O. The van der Waals surface area contributed by atoms with E-state index in [4.69, 9.17) is 4.74 Å². The Hall–Kier alpha value is -0.120. The van der Waals surface area contributed by atoms with Gasteiger partial charge >= 0.3 is 0 Å². The zero-order valence-electron chi connectivity index (χ0n) is 12.8. The molecule has 1 N–H and O–H groups in total. The van der Waals surface area contributed by atoms with Gasteiger partial charge in [0.25, 0.3) is 0 Å². The molecule has 0 aliphatic carbocycles. The zero-order chi connectivity index (χ0) is 13.4. The summed E-state index contributed by atoms with van der Waals surface area (Å²) in [6.45, 7) is 15.4. The predicted molar refractivity (Wildman–Crippen MR) is 78.0 cm³/mol. The Morgan fingerprint density at radius 1 is 1.17 bits per heavy atom. The molecule has 0 aromatic heterocycles. The largest absolute Gasteiger partial charge is 0.375 e. The molecule has 0 unspecified atom stereocenters. The molecule has 3 heteroatoms. The maximum Gasteiger partial charge on any atom is 0.0600 e. The summed E-state index contributed by atoms with van der Waals surface area (Å²) in [7, 11) is 0. The van der Waals surface area contributed by atoms with Gasteiger partial charge in [-0.1, -0.05) is 6.92 Å². The molecule has 108 valence electrons. The van der Waals surface area contributed by atoms with Crippen molar-refractivity contribution in [1.82, 2.24) is 10.2 Å². The van der Waals surface area contributed by atoms with Gasteiger partial charge in [-0.3, -0.25) is 0 Å². The van der Waals surface area contributed by atoms with Gasteiger partial charge in [0.05, 0.1) is 12.2 Å². The minimum absolute atomic E-state index is 0.00730. The van der Waals surface area contributed by atoms with Crippen LogP contribution >= 0.6 is 0 Å². The Labute approximate surface area is 113 Å².